The third kappa shape index (κ3) is 3.42. The summed E-state index contributed by atoms with van der Waals surface area (Å²) >= 11 is 0. The van der Waals surface area contributed by atoms with Gasteiger partial charge in [0.05, 0.1) is 17.1 Å². The minimum Gasteiger partial charge on any atom is -0.354 e. The number of benzene rings is 1. The van der Waals surface area contributed by atoms with Crippen LogP contribution in [0.3, 0.4) is 0 Å². The van der Waals surface area contributed by atoms with Crippen molar-refractivity contribution >= 4 is 16.9 Å². The summed E-state index contributed by atoms with van der Waals surface area (Å²) in [5.74, 6) is 1.05. The van der Waals surface area contributed by atoms with Crippen molar-refractivity contribution < 1.29 is 4.79 Å². The highest BCUT2D eigenvalue weighted by Crippen LogP contribution is 2.16. The van der Waals surface area contributed by atoms with Crippen molar-refractivity contribution in [3.05, 3.63) is 30.1 Å². The number of para-hydroxylation sites is 2. The average Bonchev–Trinajstić information content (AvgIpc) is 2.83. The molecule has 1 heterocycles. The molecule has 0 aliphatic heterocycles. The van der Waals surface area contributed by atoms with Crippen molar-refractivity contribution in [2.75, 3.05) is 6.54 Å². The first kappa shape index (κ1) is 15.5. The molecule has 3 N–H and O–H groups in total. The van der Waals surface area contributed by atoms with E-state index in [1.54, 1.807) is 0 Å². The fourth-order valence-electron chi connectivity index (χ4n) is 2.39. The normalized spacial score (nSPS) is 12.8. The summed E-state index contributed by atoms with van der Waals surface area (Å²) in [4.78, 5) is 16.5. The van der Waals surface area contributed by atoms with Crippen LogP contribution in [0.1, 0.15) is 26.6 Å². The van der Waals surface area contributed by atoms with Gasteiger partial charge in [-0.3, -0.25) is 4.79 Å². The van der Waals surface area contributed by atoms with Gasteiger partial charge in [-0.25, -0.2) is 4.98 Å². The molecule has 1 amide bonds. The second-order valence-corrected chi connectivity index (χ2v) is 5.57. The molecule has 0 saturated carbocycles. The minimum absolute atomic E-state index is 0.0934. The lowest BCUT2D eigenvalue weighted by Crippen LogP contribution is -2.44. The number of nitrogens with zero attached hydrogens (tertiary/aromatic N) is 2. The summed E-state index contributed by atoms with van der Waals surface area (Å²) in [5, 5.41) is 2.89. The van der Waals surface area contributed by atoms with Crippen LogP contribution in [0.25, 0.3) is 11.0 Å². The fraction of sp³-hybridized carbons (Fsp3) is 0.500. The van der Waals surface area contributed by atoms with Crippen LogP contribution >= 0.6 is 0 Å². The summed E-state index contributed by atoms with van der Waals surface area (Å²) in [6.07, 6.45) is 0.707. The molecule has 5 nitrogen and oxygen atoms in total. The first-order chi connectivity index (χ1) is 10.0. The smallest absolute Gasteiger partial charge is 0.237 e. The van der Waals surface area contributed by atoms with E-state index in [1.165, 1.54) is 0 Å². The summed E-state index contributed by atoms with van der Waals surface area (Å²) in [6, 6.07) is 7.64. The molecule has 21 heavy (non-hydrogen) atoms. The minimum atomic E-state index is -0.449. The van der Waals surface area contributed by atoms with Crippen LogP contribution < -0.4 is 11.1 Å². The molecule has 0 bridgehead atoms. The quantitative estimate of drug-likeness (QED) is 0.849. The molecule has 1 atom stereocenters. The van der Waals surface area contributed by atoms with Crippen molar-refractivity contribution in [2.24, 2.45) is 11.7 Å². The van der Waals surface area contributed by atoms with E-state index in [0.717, 1.165) is 23.4 Å². The van der Waals surface area contributed by atoms with Crippen LogP contribution in [0.2, 0.25) is 0 Å². The van der Waals surface area contributed by atoms with Crippen LogP contribution in [0, 0.1) is 5.92 Å². The molecule has 5 heteroatoms. The van der Waals surface area contributed by atoms with Crippen LogP contribution in [0.4, 0.5) is 0 Å². The summed E-state index contributed by atoms with van der Waals surface area (Å²) in [6.45, 7) is 7.42. The maximum atomic E-state index is 11.8. The molecule has 1 aromatic heterocycles. The molecule has 2 rings (SSSR count). The number of hydrogen-bond acceptors (Lipinski definition) is 3. The third-order valence-electron chi connectivity index (χ3n) is 3.72. The second kappa shape index (κ2) is 6.72. The number of aromatic nitrogens is 2. The predicted octanol–water partition coefficient (Wildman–Crippen LogP) is 1.70. The highest BCUT2D eigenvalue weighted by molar-refractivity contribution is 5.81. The van der Waals surface area contributed by atoms with E-state index in [2.05, 4.69) is 27.9 Å². The molecular weight excluding hydrogens is 264 g/mol. The number of hydrogen-bond donors (Lipinski definition) is 2. The molecular formula is C16H24N4O. The zero-order valence-electron chi connectivity index (χ0n) is 13.0. The highest BCUT2D eigenvalue weighted by atomic mass is 16.2. The van der Waals surface area contributed by atoms with Gasteiger partial charge in [-0.05, 0) is 25.0 Å². The van der Waals surface area contributed by atoms with Gasteiger partial charge in [0.25, 0.3) is 0 Å². The first-order valence-corrected chi connectivity index (χ1v) is 7.52. The van der Waals surface area contributed by atoms with Gasteiger partial charge in [-0.1, -0.05) is 26.0 Å². The number of aryl methyl sites for hydroxylation is 1. The molecule has 0 aliphatic rings. The number of rotatable bonds is 6. The number of imidazole rings is 1. The topological polar surface area (TPSA) is 72.9 Å². The second-order valence-electron chi connectivity index (χ2n) is 5.57. The average molecular weight is 288 g/mol. The van der Waals surface area contributed by atoms with Crippen molar-refractivity contribution in [3.63, 3.8) is 0 Å². The molecule has 0 unspecified atom stereocenters. The molecule has 1 aromatic carbocycles. The highest BCUT2D eigenvalue weighted by Gasteiger charge is 2.17. The Bertz CT molecular complexity index is 618. The third-order valence-corrected chi connectivity index (χ3v) is 3.72. The van der Waals surface area contributed by atoms with E-state index in [-0.39, 0.29) is 11.8 Å². The van der Waals surface area contributed by atoms with Crippen molar-refractivity contribution in [1.82, 2.24) is 14.9 Å². The number of nitrogens with two attached hydrogens (primary N) is 1. The van der Waals surface area contributed by atoms with Crippen LogP contribution in [0.5, 0.6) is 0 Å². The van der Waals surface area contributed by atoms with Crippen molar-refractivity contribution in [3.8, 4) is 0 Å². The standard InChI is InChI=1S/C16H24N4O/c1-4-20-13-8-6-5-7-12(13)19-14(20)9-10-18-16(21)15(17)11(2)3/h5-8,11,15H,4,9-10,17H2,1-3H3,(H,18,21)/t15-/m0/s1. The summed E-state index contributed by atoms with van der Waals surface area (Å²) in [5.41, 5.74) is 7.96. The van der Waals surface area contributed by atoms with Gasteiger partial charge in [0.2, 0.25) is 5.91 Å². The van der Waals surface area contributed by atoms with E-state index in [9.17, 15) is 4.79 Å². The Balaban J connectivity index is 2.02. The SMILES string of the molecule is CCn1c(CCNC(=O)[C@@H](N)C(C)C)nc2ccccc21. The number of nitrogens with one attached hydrogen (secondary N) is 1. The number of fused-ring (bicyclic) bond motifs is 1. The van der Waals surface area contributed by atoms with Gasteiger partial charge >= 0.3 is 0 Å². The van der Waals surface area contributed by atoms with Crippen LogP contribution in [0.15, 0.2) is 24.3 Å². The van der Waals surface area contributed by atoms with E-state index in [1.807, 2.05) is 32.0 Å². The Kier molecular flexibility index (Phi) is 4.96. The Morgan fingerprint density at radius 2 is 2.10 bits per heavy atom. The zero-order valence-corrected chi connectivity index (χ0v) is 13.0. The van der Waals surface area contributed by atoms with Gasteiger partial charge in [0.1, 0.15) is 5.82 Å². The van der Waals surface area contributed by atoms with E-state index < -0.39 is 6.04 Å². The monoisotopic (exact) mass is 288 g/mol. The molecule has 0 spiro atoms. The summed E-state index contributed by atoms with van der Waals surface area (Å²) < 4.78 is 2.18. The molecule has 0 saturated heterocycles. The molecule has 0 fully saturated rings. The Morgan fingerprint density at radius 3 is 2.76 bits per heavy atom. The lowest BCUT2D eigenvalue weighted by molar-refractivity contribution is -0.123. The molecule has 0 radical (unpaired) electrons. The van der Waals surface area contributed by atoms with Gasteiger partial charge < -0.3 is 15.6 Å². The lowest BCUT2D eigenvalue weighted by Gasteiger charge is -2.15. The van der Waals surface area contributed by atoms with Gasteiger partial charge in [0.15, 0.2) is 0 Å². The van der Waals surface area contributed by atoms with Crippen molar-refractivity contribution in [2.45, 2.75) is 39.8 Å². The van der Waals surface area contributed by atoms with Gasteiger partial charge in [-0.15, -0.1) is 0 Å². The zero-order chi connectivity index (χ0) is 15.4. The van der Waals surface area contributed by atoms with E-state index in [0.29, 0.717) is 13.0 Å². The fourth-order valence-corrected chi connectivity index (χ4v) is 2.39. The van der Waals surface area contributed by atoms with E-state index in [4.69, 9.17) is 5.73 Å². The Hall–Kier alpha value is -1.88. The van der Waals surface area contributed by atoms with E-state index >= 15 is 0 Å². The molecule has 2 aromatic rings. The lowest BCUT2D eigenvalue weighted by atomic mass is 10.1. The number of carbonyl (C=O) groups is 1. The van der Waals surface area contributed by atoms with Crippen LogP contribution in [-0.4, -0.2) is 28.0 Å². The largest absolute Gasteiger partial charge is 0.354 e. The Morgan fingerprint density at radius 1 is 1.38 bits per heavy atom. The summed E-state index contributed by atoms with van der Waals surface area (Å²) in [7, 11) is 0. The number of carbonyl (C=O) groups excluding carboxylic acids is 1. The number of amides is 1. The maximum absolute atomic E-state index is 11.8. The maximum Gasteiger partial charge on any atom is 0.237 e. The van der Waals surface area contributed by atoms with Crippen LogP contribution in [-0.2, 0) is 17.8 Å². The van der Waals surface area contributed by atoms with Crippen molar-refractivity contribution in [1.29, 1.82) is 0 Å². The Labute approximate surface area is 125 Å². The predicted molar refractivity (Wildman–Crippen MR) is 84.9 cm³/mol. The first-order valence-electron chi connectivity index (χ1n) is 7.52. The molecule has 0 aliphatic carbocycles. The molecule has 114 valence electrons. The van der Waals surface area contributed by atoms with Gasteiger partial charge in [0, 0.05) is 19.5 Å². The van der Waals surface area contributed by atoms with Gasteiger partial charge in [-0.2, -0.15) is 0 Å².